The number of benzene rings is 1. The van der Waals surface area contributed by atoms with E-state index in [1.165, 1.54) is 5.06 Å². The molecule has 2 rings (SSSR count). The summed E-state index contributed by atoms with van der Waals surface area (Å²) in [5.74, 6) is -0.151. The van der Waals surface area contributed by atoms with Crippen LogP contribution in [0, 0.1) is 0 Å². The maximum atomic E-state index is 11.9. The highest BCUT2D eigenvalue weighted by molar-refractivity contribution is 9.10. The average Bonchev–Trinajstić information content (AvgIpc) is 2.74. The first-order chi connectivity index (χ1) is 7.18. The molecule has 0 bridgehead atoms. The molecular weight excluding hydrogens is 281 g/mol. The van der Waals surface area contributed by atoms with Gasteiger partial charge in [-0.2, -0.15) is 0 Å². The van der Waals surface area contributed by atoms with Gasteiger partial charge in [0, 0.05) is 9.50 Å². The summed E-state index contributed by atoms with van der Waals surface area (Å²) in [7, 11) is 0. The van der Waals surface area contributed by atoms with Crippen LogP contribution >= 0.6 is 27.5 Å². The van der Waals surface area contributed by atoms with Crippen molar-refractivity contribution in [3.05, 3.63) is 33.3 Å². The lowest BCUT2D eigenvalue weighted by atomic mass is 10.2. The molecule has 1 amide bonds. The van der Waals surface area contributed by atoms with Crippen molar-refractivity contribution in [2.75, 3.05) is 13.2 Å². The molecule has 80 valence electrons. The summed E-state index contributed by atoms with van der Waals surface area (Å²) in [4.78, 5) is 17.1. The number of amides is 1. The third-order valence-electron chi connectivity index (χ3n) is 2.14. The lowest BCUT2D eigenvalue weighted by Crippen LogP contribution is -2.26. The number of halogens is 2. The van der Waals surface area contributed by atoms with Crippen LogP contribution in [0.3, 0.4) is 0 Å². The quantitative estimate of drug-likeness (QED) is 0.796. The van der Waals surface area contributed by atoms with Gasteiger partial charge < -0.3 is 0 Å². The Labute approximate surface area is 101 Å². The zero-order valence-electron chi connectivity index (χ0n) is 7.87. The zero-order valence-corrected chi connectivity index (χ0v) is 10.2. The average molecular weight is 291 g/mol. The molecular formula is C10H9BrClNO2. The van der Waals surface area contributed by atoms with Gasteiger partial charge in [-0.1, -0.05) is 11.6 Å². The fourth-order valence-corrected chi connectivity index (χ4v) is 1.99. The smallest absolute Gasteiger partial charge is 0.271 e. The van der Waals surface area contributed by atoms with Gasteiger partial charge in [-0.05, 0) is 40.5 Å². The summed E-state index contributed by atoms with van der Waals surface area (Å²) in [5.41, 5.74) is 0.532. The van der Waals surface area contributed by atoms with E-state index in [2.05, 4.69) is 15.9 Å². The van der Waals surface area contributed by atoms with Crippen molar-refractivity contribution in [1.82, 2.24) is 5.06 Å². The summed E-state index contributed by atoms with van der Waals surface area (Å²) in [6.45, 7) is 1.24. The Morgan fingerprint density at radius 2 is 2.33 bits per heavy atom. The summed E-state index contributed by atoms with van der Waals surface area (Å²) in [6, 6.07) is 5.12. The van der Waals surface area contributed by atoms with E-state index in [1.54, 1.807) is 18.2 Å². The van der Waals surface area contributed by atoms with Gasteiger partial charge >= 0.3 is 0 Å². The fourth-order valence-electron chi connectivity index (χ4n) is 1.40. The van der Waals surface area contributed by atoms with E-state index in [9.17, 15) is 4.79 Å². The Bertz CT molecular complexity index is 391. The first-order valence-electron chi connectivity index (χ1n) is 4.58. The van der Waals surface area contributed by atoms with Crippen molar-refractivity contribution in [3.8, 4) is 0 Å². The molecule has 1 aliphatic heterocycles. The van der Waals surface area contributed by atoms with Crippen molar-refractivity contribution in [1.29, 1.82) is 0 Å². The summed E-state index contributed by atoms with van der Waals surface area (Å²) < 4.78 is 0.729. The summed E-state index contributed by atoms with van der Waals surface area (Å²) >= 11 is 9.15. The second-order valence-electron chi connectivity index (χ2n) is 3.22. The Hall–Kier alpha value is -0.580. The van der Waals surface area contributed by atoms with Gasteiger partial charge in [0.15, 0.2) is 0 Å². The number of rotatable bonds is 1. The fraction of sp³-hybridized carbons (Fsp3) is 0.300. The molecule has 15 heavy (non-hydrogen) atoms. The van der Waals surface area contributed by atoms with Crippen LogP contribution in [0.15, 0.2) is 22.7 Å². The van der Waals surface area contributed by atoms with Crippen LogP contribution in [0.25, 0.3) is 0 Å². The third kappa shape index (κ3) is 2.33. The van der Waals surface area contributed by atoms with Crippen molar-refractivity contribution in [3.63, 3.8) is 0 Å². The highest BCUT2D eigenvalue weighted by Crippen LogP contribution is 2.23. The minimum atomic E-state index is -0.151. The van der Waals surface area contributed by atoms with Gasteiger partial charge in [0.25, 0.3) is 5.91 Å². The molecule has 1 fully saturated rings. The number of carbonyl (C=O) groups excluding carboxylic acids is 1. The molecule has 1 aromatic carbocycles. The van der Waals surface area contributed by atoms with E-state index in [4.69, 9.17) is 16.4 Å². The molecule has 0 radical (unpaired) electrons. The second-order valence-corrected chi connectivity index (χ2v) is 4.51. The minimum absolute atomic E-state index is 0.151. The van der Waals surface area contributed by atoms with Crippen molar-refractivity contribution in [2.45, 2.75) is 6.42 Å². The molecule has 3 nitrogen and oxygen atoms in total. The molecule has 1 aromatic rings. The number of nitrogens with zero attached hydrogens (tertiary/aromatic N) is 1. The van der Waals surface area contributed by atoms with E-state index in [0.717, 1.165) is 10.9 Å². The Morgan fingerprint density at radius 3 is 3.00 bits per heavy atom. The highest BCUT2D eigenvalue weighted by atomic mass is 79.9. The topological polar surface area (TPSA) is 29.5 Å². The number of carbonyl (C=O) groups is 1. The van der Waals surface area contributed by atoms with E-state index in [1.807, 2.05) is 0 Å². The van der Waals surface area contributed by atoms with Gasteiger partial charge in [0.1, 0.15) is 0 Å². The Kier molecular flexibility index (Phi) is 3.29. The predicted octanol–water partition coefficient (Wildman–Crippen LogP) is 2.88. The normalized spacial score (nSPS) is 15.7. The second kappa shape index (κ2) is 4.51. The standard InChI is InChI=1S/C10H9BrClNO2/c11-9-3-2-7(12)6-8(9)10(14)13-4-1-5-15-13/h2-3,6H,1,4-5H2. The molecule has 1 saturated heterocycles. The summed E-state index contributed by atoms with van der Waals surface area (Å²) in [6.07, 6.45) is 0.879. The molecule has 0 atom stereocenters. The van der Waals surface area contributed by atoms with E-state index >= 15 is 0 Å². The van der Waals surface area contributed by atoms with Gasteiger partial charge in [0.05, 0.1) is 18.7 Å². The lowest BCUT2D eigenvalue weighted by Gasteiger charge is -2.14. The van der Waals surface area contributed by atoms with Crippen LogP contribution in [0.4, 0.5) is 0 Å². The molecule has 1 heterocycles. The van der Waals surface area contributed by atoms with Crippen LogP contribution in [0.1, 0.15) is 16.8 Å². The van der Waals surface area contributed by atoms with Crippen molar-refractivity contribution < 1.29 is 9.63 Å². The van der Waals surface area contributed by atoms with Gasteiger partial charge in [-0.25, -0.2) is 5.06 Å². The van der Waals surface area contributed by atoms with Crippen LogP contribution in [0.5, 0.6) is 0 Å². The number of hydrogen-bond acceptors (Lipinski definition) is 2. The molecule has 0 saturated carbocycles. The van der Waals surface area contributed by atoms with E-state index in [0.29, 0.717) is 23.7 Å². The molecule has 0 spiro atoms. The van der Waals surface area contributed by atoms with E-state index < -0.39 is 0 Å². The first-order valence-corrected chi connectivity index (χ1v) is 5.75. The maximum Gasteiger partial charge on any atom is 0.278 e. The summed E-state index contributed by atoms with van der Waals surface area (Å²) in [5, 5.41) is 1.91. The highest BCUT2D eigenvalue weighted by Gasteiger charge is 2.22. The van der Waals surface area contributed by atoms with Crippen LogP contribution in [0.2, 0.25) is 5.02 Å². The Balaban J connectivity index is 2.27. The van der Waals surface area contributed by atoms with Crippen molar-refractivity contribution >= 4 is 33.4 Å². The largest absolute Gasteiger partial charge is 0.278 e. The first kappa shape index (κ1) is 10.9. The zero-order chi connectivity index (χ0) is 10.8. The molecule has 0 aliphatic carbocycles. The van der Waals surface area contributed by atoms with Gasteiger partial charge in [0.2, 0.25) is 0 Å². The predicted molar refractivity (Wildman–Crippen MR) is 60.8 cm³/mol. The lowest BCUT2D eigenvalue weighted by molar-refractivity contribution is -0.0768. The molecule has 0 unspecified atom stereocenters. The number of hydroxylamine groups is 2. The molecule has 5 heteroatoms. The monoisotopic (exact) mass is 289 g/mol. The van der Waals surface area contributed by atoms with Crippen LogP contribution < -0.4 is 0 Å². The SMILES string of the molecule is O=C(c1cc(Cl)ccc1Br)N1CCCO1. The maximum absolute atomic E-state index is 11.9. The Morgan fingerprint density at radius 1 is 1.53 bits per heavy atom. The molecule has 0 N–H and O–H groups in total. The van der Waals surface area contributed by atoms with Crippen LogP contribution in [-0.4, -0.2) is 24.1 Å². The molecule has 0 aromatic heterocycles. The van der Waals surface area contributed by atoms with Crippen LogP contribution in [-0.2, 0) is 4.84 Å². The third-order valence-corrected chi connectivity index (χ3v) is 3.06. The molecule has 1 aliphatic rings. The van der Waals surface area contributed by atoms with E-state index in [-0.39, 0.29) is 5.91 Å². The van der Waals surface area contributed by atoms with Gasteiger partial charge in [-0.15, -0.1) is 0 Å². The van der Waals surface area contributed by atoms with Gasteiger partial charge in [-0.3, -0.25) is 9.63 Å². The number of hydrogen-bond donors (Lipinski definition) is 0. The van der Waals surface area contributed by atoms with Crippen molar-refractivity contribution in [2.24, 2.45) is 0 Å². The minimum Gasteiger partial charge on any atom is -0.271 e.